The van der Waals surface area contributed by atoms with Crippen LogP contribution in [0.3, 0.4) is 0 Å². The van der Waals surface area contributed by atoms with E-state index in [1.807, 2.05) is 0 Å². The second kappa shape index (κ2) is 7.01. The molecule has 0 aliphatic carbocycles. The van der Waals surface area contributed by atoms with E-state index in [0.717, 1.165) is 11.9 Å². The molecule has 2 aliphatic heterocycles. The minimum atomic E-state index is -3.46. The number of anilines is 2. The smallest absolute Gasteiger partial charge is 0.257 e. The van der Waals surface area contributed by atoms with E-state index in [1.165, 1.54) is 30.0 Å². The van der Waals surface area contributed by atoms with Crippen molar-refractivity contribution in [3.8, 4) is 0 Å². The van der Waals surface area contributed by atoms with Crippen molar-refractivity contribution in [2.45, 2.75) is 9.79 Å². The monoisotopic (exact) mass is 471 g/mol. The third-order valence-corrected chi connectivity index (χ3v) is 8.10. The first-order valence-electron chi connectivity index (χ1n) is 8.26. The summed E-state index contributed by atoms with van der Waals surface area (Å²) in [5.41, 5.74) is 1.29. The van der Waals surface area contributed by atoms with Gasteiger partial charge in [-0.15, -0.1) is 4.40 Å². The molecule has 2 aromatic rings. The van der Waals surface area contributed by atoms with Gasteiger partial charge in [-0.05, 0) is 48.2 Å². The summed E-state index contributed by atoms with van der Waals surface area (Å²) >= 11 is 7.27. The average Bonchev–Trinajstić information content (AvgIpc) is 2.97. The molecule has 8 nitrogen and oxygen atoms in total. The summed E-state index contributed by atoms with van der Waals surface area (Å²) in [7, 11) is -6.91. The van der Waals surface area contributed by atoms with Crippen LogP contribution in [0, 0.1) is 0 Å². The zero-order valence-electron chi connectivity index (χ0n) is 14.9. The third-order valence-electron chi connectivity index (χ3n) is 4.35. The first-order valence-corrected chi connectivity index (χ1v) is 13.0. The highest BCUT2D eigenvalue weighted by Crippen LogP contribution is 2.42. The summed E-state index contributed by atoms with van der Waals surface area (Å²) in [4.78, 5) is 15.2. The number of nitrogens with one attached hydrogen (secondary N) is 1. The molecule has 2 aromatic carbocycles. The SMILES string of the molecule is CS(=O)(=O)c1ccc(Cl)c(NC(=O)c2ccc3c(c2)SC2=NS(=O)(=O)CCN23)c1. The van der Waals surface area contributed by atoms with E-state index in [4.69, 9.17) is 11.6 Å². The van der Waals surface area contributed by atoms with Gasteiger partial charge in [0.25, 0.3) is 15.9 Å². The van der Waals surface area contributed by atoms with Crippen LogP contribution in [0.1, 0.15) is 10.4 Å². The number of sulfonamides is 1. The number of benzene rings is 2. The van der Waals surface area contributed by atoms with Gasteiger partial charge in [-0.1, -0.05) is 11.6 Å². The van der Waals surface area contributed by atoms with Crippen LogP contribution in [-0.2, 0) is 19.9 Å². The highest BCUT2D eigenvalue weighted by atomic mass is 35.5. The Hall–Kier alpha value is -2.08. The van der Waals surface area contributed by atoms with Gasteiger partial charge in [-0.3, -0.25) is 4.79 Å². The summed E-state index contributed by atoms with van der Waals surface area (Å²) in [6.45, 7) is 0.306. The molecular formula is C17H14ClN3O5S3. The lowest BCUT2D eigenvalue weighted by Crippen LogP contribution is -2.35. The molecule has 0 saturated heterocycles. The molecule has 1 amide bonds. The standard InChI is InChI=1S/C17H14ClN3O5S3/c1-28(23,24)11-3-4-12(18)13(9-11)19-16(22)10-2-5-14-15(8-10)27-17-20-29(25,26)7-6-21(14)17/h2-5,8-9H,6-7H2,1H3,(H,19,22). The lowest BCUT2D eigenvalue weighted by atomic mass is 10.1. The van der Waals surface area contributed by atoms with Crippen LogP contribution in [-0.4, -0.2) is 46.5 Å². The Morgan fingerprint density at radius 3 is 2.72 bits per heavy atom. The number of carbonyl (C=O) groups is 1. The maximum Gasteiger partial charge on any atom is 0.257 e. The molecule has 0 bridgehead atoms. The Morgan fingerprint density at radius 2 is 2.00 bits per heavy atom. The van der Waals surface area contributed by atoms with Crippen LogP contribution in [0.5, 0.6) is 0 Å². The van der Waals surface area contributed by atoms with Crippen LogP contribution < -0.4 is 10.2 Å². The van der Waals surface area contributed by atoms with Gasteiger partial charge >= 0.3 is 0 Å². The Balaban J connectivity index is 1.62. The molecule has 4 rings (SSSR count). The molecule has 0 radical (unpaired) electrons. The minimum absolute atomic E-state index is 0.0396. The predicted molar refractivity (Wildman–Crippen MR) is 113 cm³/mol. The van der Waals surface area contributed by atoms with Crippen molar-refractivity contribution in [1.82, 2.24) is 0 Å². The zero-order valence-corrected chi connectivity index (χ0v) is 18.1. The summed E-state index contributed by atoms with van der Waals surface area (Å²) in [6.07, 6.45) is 1.07. The first kappa shape index (κ1) is 20.2. The maximum absolute atomic E-state index is 12.7. The molecule has 0 atom stereocenters. The van der Waals surface area contributed by atoms with E-state index in [-0.39, 0.29) is 21.4 Å². The lowest BCUT2D eigenvalue weighted by Gasteiger charge is -2.22. The number of hydrogen-bond acceptors (Lipinski definition) is 7. The first-order chi connectivity index (χ1) is 13.5. The van der Waals surface area contributed by atoms with E-state index >= 15 is 0 Å². The molecule has 0 fully saturated rings. The van der Waals surface area contributed by atoms with Crippen molar-refractivity contribution in [1.29, 1.82) is 0 Å². The number of nitrogens with zero attached hydrogens (tertiary/aromatic N) is 2. The van der Waals surface area contributed by atoms with Crippen molar-refractivity contribution >= 4 is 65.7 Å². The number of carbonyl (C=O) groups excluding carboxylic acids is 1. The number of amidine groups is 1. The molecule has 1 N–H and O–H groups in total. The number of rotatable bonds is 3. The molecule has 12 heteroatoms. The van der Waals surface area contributed by atoms with Gasteiger partial charge in [0.1, 0.15) is 0 Å². The molecule has 29 heavy (non-hydrogen) atoms. The minimum Gasteiger partial charge on any atom is -0.321 e. The van der Waals surface area contributed by atoms with Crippen molar-refractivity contribution in [3.63, 3.8) is 0 Å². The summed E-state index contributed by atoms with van der Waals surface area (Å²) in [6, 6.07) is 9.04. The van der Waals surface area contributed by atoms with Crippen LogP contribution >= 0.6 is 23.4 Å². The van der Waals surface area contributed by atoms with Crippen molar-refractivity contribution < 1.29 is 21.6 Å². The van der Waals surface area contributed by atoms with E-state index in [2.05, 4.69) is 9.71 Å². The average molecular weight is 472 g/mol. The Labute approximate surface area is 176 Å². The number of amides is 1. The van der Waals surface area contributed by atoms with Crippen LogP contribution in [0.4, 0.5) is 11.4 Å². The molecule has 0 saturated carbocycles. The third kappa shape index (κ3) is 4.00. The van der Waals surface area contributed by atoms with Gasteiger partial charge in [0.2, 0.25) is 0 Å². The quantitative estimate of drug-likeness (QED) is 0.731. The molecule has 2 aliphatic rings. The summed E-state index contributed by atoms with van der Waals surface area (Å²) in [5.74, 6) is -0.533. The molecule has 0 unspecified atom stereocenters. The summed E-state index contributed by atoms with van der Waals surface area (Å²) in [5, 5.41) is 3.20. The molecule has 152 valence electrons. The molecular weight excluding hydrogens is 458 g/mol. The van der Waals surface area contributed by atoms with E-state index in [0.29, 0.717) is 22.2 Å². The highest BCUT2D eigenvalue weighted by Gasteiger charge is 2.33. The zero-order chi connectivity index (χ0) is 21.0. The highest BCUT2D eigenvalue weighted by molar-refractivity contribution is 8.15. The summed E-state index contributed by atoms with van der Waals surface area (Å²) < 4.78 is 50.7. The predicted octanol–water partition coefficient (Wildman–Crippen LogP) is 2.61. The van der Waals surface area contributed by atoms with Crippen molar-refractivity contribution in [3.05, 3.63) is 47.0 Å². The van der Waals surface area contributed by atoms with Crippen molar-refractivity contribution in [2.75, 3.05) is 28.8 Å². The van der Waals surface area contributed by atoms with Gasteiger partial charge < -0.3 is 10.2 Å². The maximum atomic E-state index is 12.7. The fourth-order valence-corrected chi connectivity index (χ4v) is 6.01. The Bertz CT molecular complexity index is 1290. The number of thioether (sulfide) groups is 1. The normalized spacial score (nSPS) is 17.3. The van der Waals surface area contributed by atoms with Crippen LogP contribution in [0.2, 0.25) is 5.02 Å². The van der Waals surface area contributed by atoms with Crippen LogP contribution in [0.25, 0.3) is 0 Å². The largest absolute Gasteiger partial charge is 0.321 e. The van der Waals surface area contributed by atoms with Crippen LogP contribution in [0.15, 0.2) is 50.6 Å². The van der Waals surface area contributed by atoms with Crippen molar-refractivity contribution in [2.24, 2.45) is 4.40 Å². The number of sulfone groups is 1. The molecule has 0 spiro atoms. The van der Waals surface area contributed by atoms with Gasteiger partial charge in [-0.25, -0.2) is 16.8 Å². The fraction of sp³-hybridized carbons (Fsp3) is 0.176. The van der Waals surface area contributed by atoms with Gasteiger partial charge in [0.15, 0.2) is 15.0 Å². The lowest BCUT2D eigenvalue weighted by molar-refractivity contribution is 0.102. The Morgan fingerprint density at radius 1 is 1.24 bits per heavy atom. The molecule has 0 aromatic heterocycles. The van der Waals surface area contributed by atoms with Gasteiger partial charge in [-0.2, -0.15) is 0 Å². The second-order valence-corrected chi connectivity index (χ2v) is 11.7. The topological polar surface area (TPSA) is 113 Å². The second-order valence-electron chi connectivity index (χ2n) is 6.46. The van der Waals surface area contributed by atoms with Gasteiger partial charge in [0, 0.05) is 23.3 Å². The number of hydrogen-bond donors (Lipinski definition) is 1. The van der Waals surface area contributed by atoms with Gasteiger partial charge in [0.05, 0.1) is 27.0 Å². The number of fused-ring (bicyclic) bond motifs is 3. The fourth-order valence-electron chi connectivity index (χ4n) is 2.90. The molecule has 2 heterocycles. The van der Waals surface area contributed by atoms with E-state index < -0.39 is 25.8 Å². The Kier molecular flexibility index (Phi) is 4.88. The van der Waals surface area contributed by atoms with E-state index in [9.17, 15) is 21.6 Å². The van der Waals surface area contributed by atoms with E-state index in [1.54, 1.807) is 23.1 Å². The number of halogens is 1.